The van der Waals surface area contributed by atoms with Crippen molar-refractivity contribution in [1.29, 1.82) is 0 Å². The molecule has 0 N–H and O–H groups in total. The zero-order valence-corrected chi connectivity index (χ0v) is 12.2. The summed E-state index contributed by atoms with van der Waals surface area (Å²) in [5, 5.41) is 0. The molecule has 0 radical (unpaired) electrons. The normalized spacial score (nSPS) is 33.0. The Kier molecular flexibility index (Phi) is 3.76. The molecule has 1 heterocycles. The molecule has 1 aromatic carbocycles. The van der Waals surface area contributed by atoms with Gasteiger partial charge in [-0.3, -0.25) is 0 Å². The van der Waals surface area contributed by atoms with Crippen LogP contribution in [-0.4, -0.2) is 31.0 Å². The van der Waals surface area contributed by atoms with Gasteiger partial charge in [0.1, 0.15) is 0 Å². The third kappa shape index (κ3) is 3.10. The molecule has 1 saturated heterocycles. The number of rotatable bonds is 5. The predicted octanol–water partition coefficient (Wildman–Crippen LogP) is 3.24. The standard InChI is InChI=1S/C16H20F2O3/c1-15(2)20-10-13(21-15)14-12(16(14,17)18)9-19-8-11-6-4-3-5-7-11/h3-7,12-14H,8-10H2,1-2H3/t12-,13-,14-/m1/s1. The molecule has 1 saturated carbocycles. The van der Waals surface area contributed by atoms with E-state index in [1.807, 2.05) is 30.3 Å². The second kappa shape index (κ2) is 5.30. The van der Waals surface area contributed by atoms with Crippen LogP contribution in [0, 0.1) is 11.8 Å². The van der Waals surface area contributed by atoms with Gasteiger partial charge in [0.2, 0.25) is 0 Å². The molecule has 0 unspecified atom stereocenters. The van der Waals surface area contributed by atoms with Crippen molar-refractivity contribution >= 4 is 0 Å². The minimum absolute atomic E-state index is 0.0485. The molecule has 1 aromatic rings. The van der Waals surface area contributed by atoms with E-state index in [1.165, 1.54) is 0 Å². The molecule has 21 heavy (non-hydrogen) atoms. The van der Waals surface area contributed by atoms with Crippen LogP contribution in [0.1, 0.15) is 19.4 Å². The van der Waals surface area contributed by atoms with Crippen molar-refractivity contribution in [3.8, 4) is 0 Å². The van der Waals surface area contributed by atoms with Crippen molar-refractivity contribution in [3.05, 3.63) is 35.9 Å². The number of halogens is 2. The summed E-state index contributed by atoms with van der Waals surface area (Å²) in [5.41, 5.74) is 0.986. The topological polar surface area (TPSA) is 27.7 Å². The lowest BCUT2D eigenvalue weighted by Gasteiger charge is -2.16. The molecule has 1 aliphatic carbocycles. The van der Waals surface area contributed by atoms with Gasteiger partial charge in [-0.2, -0.15) is 0 Å². The summed E-state index contributed by atoms with van der Waals surface area (Å²) in [4.78, 5) is 0. The SMILES string of the molecule is CC1(C)OC[C@H]([C@H]2[C@@H](COCc3ccccc3)C2(F)F)O1. The van der Waals surface area contributed by atoms with Gasteiger partial charge >= 0.3 is 0 Å². The first kappa shape index (κ1) is 14.9. The van der Waals surface area contributed by atoms with E-state index < -0.39 is 29.6 Å². The maximum atomic E-state index is 13.9. The van der Waals surface area contributed by atoms with Gasteiger partial charge in [0, 0.05) is 0 Å². The van der Waals surface area contributed by atoms with E-state index in [9.17, 15) is 8.78 Å². The van der Waals surface area contributed by atoms with Crippen molar-refractivity contribution in [2.45, 2.75) is 38.3 Å². The lowest BCUT2D eigenvalue weighted by Crippen LogP contribution is -2.23. The molecule has 3 rings (SSSR count). The van der Waals surface area contributed by atoms with Gasteiger partial charge in [0.15, 0.2) is 5.79 Å². The summed E-state index contributed by atoms with van der Waals surface area (Å²) < 4.78 is 44.1. The number of hydrogen-bond acceptors (Lipinski definition) is 3. The van der Waals surface area contributed by atoms with Gasteiger partial charge in [-0.05, 0) is 19.4 Å². The van der Waals surface area contributed by atoms with Gasteiger partial charge in [-0.1, -0.05) is 30.3 Å². The van der Waals surface area contributed by atoms with Crippen LogP contribution in [0.5, 0.6) is 0 Å². The number of alkyl halides is 2. The second-order valence-electron chi connectivity index (χ2n) is 6.17. The molecule has 116 valence electrons. The number of hydrogen-bond donors (Lipinski definition) is 0. The minimum atomic E-state index is -2.72. The van der Waals surface area contributed by atoms with Gasteiger partial charge in [0.25, 0.3) is 5.92 Å². The fourth-order valence-electron chi connectivity index (χ4n) is 2.91. The maximum absolute atomic E-state index is 13.9. The molecule has 0 bridgehead atoms. The quantitative estimate of drug-likeness (QED) is 0.835. The Morgan fingerprint density at radius 2 is 1.95 bits per heavy atom. The van der Waals surface area contributed by atoms with Gasteiger partial charge in [-0.15, -0.1) is 0 Å². The molecule has 1 aliphatic heterocycles. The first-order chi connectivity index (χ1) is 9.90. The predicted molar refractivity (Wildman–Crippen MR) is 72.9 cm³/mol. The van der Waals surface area contributed by atoms with E-state index in [4.69, 9.17) is 14.2 Å². The Morgan fingerprint density at radius 1 is 1.24 bits per heavy atom. The van der Waals surface area contributed by atoms with Gasteiger partial charge in [-0.25, -0.2) is 8.78 Å². The first-order valence-electron chi connectivity index (χ1n) is 7.21. The highest BCUT2D eigenvalue weighted by molar-refractivity contribution is 5.14. The Bertz CT molecular complexity index is 490. The van der Waals surface area contributed by atoms with E-state index in [2.05, 4.69) is 0 Å². The Balaban J connectivity index is 1.50. The summed E-state index contributed by atoms with van der Waals surface area (Å²) in [6.07, 6.45) is -0.541. The summed E-state index contributed by atoms with van der Waals surface area (Å²) in [7, 11) is 0. The lowest BCUT2D eigenvalue weighted by molar-refractivity contribution is -0.143. The van der Waals surface area contributed by atoms with Crippen molar-refractivity contribution < 1.29 is 23.0 Å². The van der Waals surface area contributed by atoms with Crippen molar-refractivity contribution in [2.24, 2.45) is 11.8 Å². The zero-order valence-electron chi connectivity index (χ0n) is 12.2. The lowest BCUT2D eigenvalue weighted by atomic mass is 10.2. The number of benzene rings is 1. The fourth-order valence-corrected chi connectivity index (χ4v) is 2.91. The van der Waals surface area contributed by atoms with Crippen LogP contribution >= 0.6 is 0 Å². The average molecular weight is 298 g/mol. The average Bonchev–Trinajstić information content (AvgIpc) is 2.78. The molecule has 0 amide bonds. The molecule has 0 spiro atoms. The molecule has 5 heteroatoms. The van der Waals surface area contributed by atoms with Crippen molar-refractivity contribution in [2.75, 3.05) is 13.2 Å². The van der Waals surface area contributed by atoms with E-state index in [-0.39, 0.29) is 13.2 Å². The first-order valence-corrected chi connectivity index (χ1v) is 7.21. The largest absolute Gasteiger partial charge is 0.376 e. The molecule has 2 fully saturated rings. The van der Waals surface area contributed by atoms with E-state index in [1.54, 1.807) is 13.8 Å². The minimum Gasteiger partial charge on any atom is -0.376 e. The third-order valence-electron chi connectivity index (χ3n) is 4.10. The monoisotopic (exact) mass is 298 g/mol. The van der Waals surface area contributed by atoms with E-state index in [0.29, 0.717) is 6.61 Å². The Labute approximate surface area is 123 Å². The van der Waals surface area contributed by atoms with Crippen molar-refractivity contribution in [3.63, 3.8) is 0 Å². The smallest absolute Gasteiger partial charge is 0.259 e. The van der Waals surface area contributed by atoms with Gasteiger partial charge < -0.3 is 14.2 Å². The van der Waals surface area contributed by atoms with Crippen LogP contribution in [-0.2, 0) is 20.8 Å². The van der Waals surface area contributed by atoms with Crippen molar-refractivity contribution in [1.82, 2.24) is 0 Å². The Morgan fingerprint density at radius 3 is 2.57 bits per heavy atom. The van der Waals surface area contributed by atoms with Crippen LogP contribution in [0.2, 0.25) is 0 Å². The fraction of sp³-hybridized carbons (Fsp3) is 0.625. The molecule has 0 aromatic heterocycles. The number of ether oxygens (including phenoxy) is 3. The van der Waals surface area contributed by atoms with E-state index in [0.717, 1.165) is 5.56 Å². The third-order valence-corrected chi connectivity index (χ3v) is 4.10. The van der Waals surface area contributed by atoms with Crippen LogP contribution in [0.4, 0.5) is 8.78 Å². The molecular weight excluding hydrogens is 278 g/mol. The molecule has 3 nitrogen and oxygen atoms in total. The summed E-state index contributed by atoms with van der Waals surface area (Å²) in [6, 6.07) is 9.55. The van der Waals surface area contributed by atoms with E-state index >= 15 is 0 Å². The van der Waals surface area contributed by atoms with Gasteiger partial charge in [0.05, 0.1) is 37.8 Å². The van der Waals surface area contributed by atoms with Crippen LogP contribution < -0.4 is 0 Å². The molecular formula is C16H20F2O3. The van der Waals surface area contributed by atoms with Crippen LogP contribution in [0.3, 0.4) is 0 Å². The summed E-state index contributed by atoms with van der Waals surface area (Å²) in [5.74, 6) is -5.05. The molecule has 3 atom stereocenters. The highest BCUT2D eigenvalue weighted by Crippen LogP contribution is 2.59. The maximum Gasteiger partial charge on any atom is 0.259 e. The van der Waals surface area contributed by atoms with Crippen LogP contribution in [0.25, 0.3) is 0 Å². The highest BCUT2D eigenvalue weighted by atomic mass is 19.3. The molecule has 2 aliphatic rings. The summed E-state index contributed by atoms with van der Waals surface area (Å²) >= 11 is 0. The van der Waals surface area contributed by atoms with Crippen LogP contribution in [0.15, 0.2) is 30.3 Å². The highest BCUT2D eigenvalue weighted by Gasteiger charge is 2.72. The summed E-state index contributed by atoms with van der Waals surface area (Å²) in [6.45, 7) is 4.12. The zero-order chi connectivity index (χ0) is 15.1. The second-order valence-corrected chi connectivity index (χ2v) is 6.17. The Hall–Kier alpha value is -1.04.